The third-order valence-electron chi connectivity index (χ3n) is 4.37. The molecule has 0 aliphatic heterocycles. The van der Waals surface area contributed by atoms with Crippen LogP contribution in [0.3, 0.4) is 0 Å². The van der Waals surface area contributed by atoms with Crippen molar-refractivity contribution in [2.45, 2.75) is 12.4 Å². The number of benzene rings is 2. The predicted molar refractivity (Wildman–Crippen MR) is 107 cm³/mol. The van der Waals surface area contributed by atoms with E-state index in [0.29, 0.717) is 0 Å². The molecule has 2 amide bonds. The molecule has 0 aliphatic rings. The molecule has 0 fully saturated rings. The lowest BCUT2D eigenvalue weighted by molar-refractivity contribution is -0.144. The number of aromatic amines is 1. The summed E-state index contributed by atoms with van der Waals surface area (Å²) in [6, 6.07) is 8.42. The number of hydrogen-bond acceptors (Lipinski definition) is 4. The van der Waals surface area contributed by atoms with Crippen molar-refractivity contribution in [3.63, 3.8) is 0 Å². The van der Waals surface area contributed by atoms with Crippen LogP contribution >= 0.6 is 0 Å². The molecule has 0 saturated carbocycles. The minimum Gasteiger partial charge on any atom is -0.334 e. The molecule has 2 aromatic carbocycles. The first-order valence-corrected chi connectivity index (χ1v) is 9.34. The Morgan fingerprint density at radius 2 is 1.58 bits per heavy atom. The molecule has 0 saturated heterocycles. The van der Waals surface area contributed by atoms with Crippen molar-refractivity contribution in [3.05, 3.63) is 53.9 Å². The zero-order valence-corrected chi connectivity index (χ0v) is 16.9. The number of nitrogens with zero attached hydrogens (tertiary/aromatic N) is 2. The number of anilines is 2. The third kappa shape index (κ3) is 6.22. The summed E-state index contributed by atoms with van der Waals surface area (Å²) in [5, 5.41) is 4.65. The first-order chi connectivity index (χ1) is 15.3. The molecule has 3 N–H and O–H groups in total. The lowest BCUT2D eigenvalue weighted by Crippen LogP contribution is -2.36. The van der Waals surface area contributed by atoms with Crippen molar-refractivity contribution in [1.29, 1.82) is 0 Å². The molecular formula is C20H17F6N5O2. The van der Waals surface area contributed by atoms with Crippen molar-refractivity contribution >= 4 is 34.2 Å². The van der Waals surface area contributed by atoms with Gasteiger partial charge in [0.25, 0.3) is 0 Å². The summed E-state index contributed by atoms with van der Waals surface area (Å²) >= 11 is 0. The lowest BCUT2D eigenvalue weighted by Gasteiger charge is -2.17. The van der Waals surface area contributed by atoms with E-state index in [4.69, 9.17) is 0 Å². The molecule has 13 heteroatoms. The number of para-hydroxylation sites is 1. The highest BCUT2D eigenvalue weighted by atomic mass is 19.4. The highest BCUT2D eigenvalue weighted by Gasteiger charge is 2.35. The van der Waals surface area contributed by atoms with Gasteiger partial charge in [0, 0.05) is 5.69 Å². The molecule has 0 bridgehead atoms. The standard InChI is InChI=1S/C20H17F6N5O2/c1-31(10-17(33)28-13-5-3-2-4-12(13)19(21,22)23)9-16(32)27-11-6-7-14-15(8-11)30-18(29-14)20(24,25)26/h2-8H,9-10H2,1H3,(H,27,32)(H,28,33)(H,29,30). The van der Waals surface area contributed by atoms with Crippen LogP contribution in [0.2, 0.25) is 0 Å². The number of carbonyl (C=O) groups excluding carboxylic acids is 2. The Bertz CT molecular complexity index is 1170. The third-order valence-corrected chi connectivity index (χ3v) is 4.37. The Morgan fingerprint density at radius 3 is 2.21 bits per heavy atom. The fraction of sp³-hybridized carbons (Fsp3) is 0.250. The Balaban J connectivity index is 1.57. The Morgan fingerprint density at radius 1 is 0.939 bits per heavy atom. The Labute approximate surface area is 182 Å². The van der Waals surface area contributed by atoms with Gasteiger partial charge in [-0.3, -0.25) is 14.5 Å². The van der Waals surface area contributed by atoms with Gasteiger partial charge in [0.1, 0.15) is 0 Å². The summed E-state index contributed by atoms with van der Waals surface area (Å²) in [6.07, 6.45) is -9.29. The van der Waals surface area contributed by atoms with Crippen LogP contribution in [0.15, 0.2) is 42.5 Å². The number of nitrogens with one attached hydrogen (secondary N) is 3. The van der Waals surface area contributed by atoms with Crippen LogP contribution in [-0.2, 0) is 21.9 Å². The van der Waals surface area contributed by atoms with Crippen molar-refractivity contribution in [3.8, 4) is 0 Å². The summed E-state index contributed by atoms with van der Waals surface area (Å²) in [7, 11) is 1.41. The monoisotopic (exact) mass is 473 g/mol. The van der Waals surface area contributed by atoms with E-state index in [1.54, 1.807) is 0 Å². The van der Waals surface area contributed by atoms with E-state index in [0.717, 1.165) is 12.1 Å². The summed E-state index contributed by atoms with van der Waals surface area (Å²) < 4.78 is 77.3. The molecule has 1 aromatic heterocycles. The topological polar surface area (TPSA) is 90.1 Å². The van der Waals surface area contributed by atoms with Crippen LogP contribution in [0.1, 0.15) is 11.4 Å². The molecule has 33 heavy (non-hydrogen) atoms. The zero-order chi connectivity index (χ0) is 24.4. The Kier molecular flexibility index (Phi) is 6.63. The quantitative estimate of drug-likeness (QED) is 0.470. The second-order valence-electron chi connectivity index (χ2n) is 7.13. The number of alkyl halides is 6. The van der Waals surface area contributed by atoms with Crippen LogP contribution in [0, 0.1) is 0 Å². The first-order valence-electron chi connectivity index (χ1n) is 9.34. The van der Waals surface area contributed by atoms with E-state index in [-0.39, 0.29) is 29.8 Å². The second-order valence-corrected chi connectivity index (χ2v) is 7.13. The fourth-order valence-electron chi connectivity index (χ4n) is 3.00. The van der Waals surface area contributed by atoms with Gasteiger partial charge < -0.3 is 15.6 Å². The number of likely N-dealkylation sites (N-methyl/N-ethyl adjacent to an activating group) is 1. The number of hydrogen-bond donors (Lipinski definition) is 3. The van der Waals surface area contributed by atoms with Crippen LogP contribution in [0.25, 0.3) is 11.0 Å². The molecule has 0 spiro atoms. The van der Waals surface area contributed by atoms with Crippen LogP contribution in [0.4, 0.5) is 37.7 Å². The maximum absolute atomic E-state index is 13.0. The minimum atomic E-state index is -4.65. The highest BCUT2D eigenvalue weighted by Crippen LogP contribution is 2.34. The largest absolute Gasteiger partial charge is 0.449 e. The van der Waals surface area contributed by atoms with E-state index in [2.05, 4.69) is 20.6 Å². The van der Waals surface area contributed by atoms with Crippen LogP contribution < -0.4 is 10.6 Å². The first kappa shape index (κ1) is 24.0. The van der Waals surface area contributed by atoms with Crippen LogP contribution in [0.5, 0.6) is 0 Å². The molecule has 176 valence electrons. The normalized spacial score (nSPS) is 12.2. The number of fused-ring (bicyclic) bond motifs is 1. The predicted octanol–water partition coefficient (Wildman–Crippen LogP) is 4.11. The van der Waals surface area contributed by atoms with Crippen molar-refractivity contribution in [2.24, 2.45) is 0 Å². The number of halogens is 6. The van der Waals surface area contributed by atoms with Gasteiger partial charge in [-0.1, -0.05) is 12.1 Å². The molecule has 0 atom stereocenters. The van der Waals surface area contributed by atoms with Gasteiger partial charge in [0.2, 0.25) is 17.6 Å². The van der Waals surface area contributed by atoms with E-state index in [1.165, 1.54) is 42.3 Å². The molecule has 3 rings (SSSR count). The number of amides is 2. The minimum absolute atomic E-state index is 0.0632. The number of aromatic nitrogens is 2. The number of H-pyrrole nitrogens is 1. The summed E-state index contributed by atoms with van der Waals surface area (Å²) in [4.78, 5) is 31.1. The average molecular weight is 473 g/mol. The molecule has 1 heterocycles. The molecule has 7 nitrogen and oxygen atoms in total. The number of imidazole rings is 1. The fourth-order valence-corrected chi connectivity index (χ4v) is 3.00. The maximum atomic E-state index is 13.0. The van der Waals surface area contributed by atoms with E-state index in [9.17, 15) is 35.9 Å². The Hall–Kier alpha value is -3.61. The van der Waals surface area contributed by atoms with E-state index in [1.807, 2.05) is 0 Å². The van der Waals surface area contributed by atoms with Gasteiger partial charge in [0.15, 0.2) is 0 Å². The molecule has 0 unspecified atom stereocenters. The van der Waals surface area contributed by atoms with Gasteiger partial charge in [-0.25, -0.2) is 4.98 Å². The molecule has 3 aromatic rings. The van der Waals surface area contributed by atoms with Crippen molar-refractivity contribution in [1.82, 2.24) is 14.9 Å². The van der Waals surface area contributed by atoms with Crippen molar-refractivity contribution < 1.29 is 35.9 Å². The maximum Gasteiger partial charge on any atom is 0.449 e. The highest BCUT2D eigenvalue weighted by molar-refractivity contribution is 5.96. The number of carbonyl (C=O) groups is 2. The molecular weight excluding hydrogens is 456 g/mol. The van der Waals surface area contributed by atoms with Crippen LogP contribution in [-0.4, -0.2) is 46.8 Å². The van der Waals surface area contributed by atoms with Gasteiger partial charge >= 0.3 is 12.4 Å². The van der Waals surface area contributed by atoms with Crippen molar-refractivity contribution in [2.75, 3.05) is 30.8 Å². The second kappa shape index (κ2) is 9.10. The number of rotatable bonds is 6. The summed E-state index contributed by atoms with van der Waals surface area (Å²) in [5.74, 6) is -2.52. The zero-order valence-electron chi connectivity index (χ0n) is 16.9. The van der Waals surface area contributed by atoms with Gasteiger partial charge in [-0.2, -0.15) is 26.3 Å². The average Bonchev–Trinajstić information content (AvgIpc) is 3.11. The lowest BCUT2D eigenvalue weighted by atomic mass is 10.1. The molecule has 0 radical (unpaired) electrons. The summed E-state index contributed by atoms with van der Waals surface area (Å²) in [5.41, 5.74) is -1.08. The SMILES string of the molecule is CN(CC(=O)Nc1ccc2nc(C(F)(F)F)[nH]c2c1)CC(=O)Nc1ccccc1C(F)(F)F. The van der Waals surface area contributed by atoms with E-state index < -0.39 is 41.2 Å². The van der Waals surface area contributed by atoms with Gasteiger partial charge in [0.05, 0.1) is 35.4 Å². The van der Waals surface area contributed by atoms with E-state index >= 15 is 0 Å². The molecule has 0 aliphatic carbocycles. The van der Waals surface area contributed by atoms with Gasteiger partial charge in [-0.05, 0) is 37.4 Å². The smallest absolute Gasteiger partial charge is 0.334 e. The van der Waals surface area contributed by atoms with Gasteiger partial charge in [-0.15, -0.1) is 0 Å². The summed E-state index contributed by atoms with van der Waals surface area (Å²) in [6.45, 7) is -0.683.